The first-order chi connectivity index (χ1) is 8.56. The predicted molar refractivity (Wildman–Crippen MR) is 64.3 cm³/mol. The van der Waals surface area contributed by atoms with E-state index in [1.807, 2.05) is 0 Å². The number of benzene rings is 1. The Morgan fingerprint density at radius 3 is 2.61 bits per heavy atom. The maximum Gasteiger partial charge on any atom is 0.320 e. The molecule has 18 heavy (non-hydrogen) atoms. The van der Waals surface area contributed by atoms with E-state index in [2.05, 4.69) is 5.32 Å². The molecule has 1 heterocycles. The van der Waals surface area contributed by atoms with Crippen molar-refractivity contribution in [2.45, 2.75) is 18.9 Å². The van der Waals surface area contributed by atoms with Crippen LogP contribution in [0.15, 0.2) is 24.3 Å². The molecule has 1 aromatic carbocycles. The van der Waals surface area contributed by atoms with Crippen molar-refractivity contribution in [1.82, 2.24) is 5.32 Å². The second kappa shape index (κ2) is 5.14. The molecular weight excluding hydrogens is 236 g/mol. The van der Waals surface area contributed by atoms with Crippen molar-refractivity contribution in [2.75, 3.05) is 6.54 Å². The van der Waals surface area contributed by atoms with Gasteiger partial charge in [-0.1, -0.05) is 12.1 Å². The third-order valence-electron chi connectivity index (χ3n) is 3.19. The number of non-ortho nitro benzene ring substituents is 1. The second-order valence-corrected chi connectivity index (χ2v) is 4.53. The summed E-state index contributed by atoms with van der Waals surface area (Å²) in [6, 6.07) is 5.95. The smallest absolute Gasteiger partial charge is 0.320 e. The highest BCUT2D eigenvalue weighted by molar-refractivity contribution is 5.73. The van der Waals surface area contributed by atoms with Gasteiger partial charge in [0, 0.05) is 12.1 Å². The van der Waals surface area contributed by atoms with Gasteiger partial charge < -0.3 is 10.4 Å². The molecule has 96 valence electrons. The van der Waals surface area contributed by atoms with Crippen molar-refractivity contribution in [3.63, 3.8) is 0 Å². The molecule has 1 aromatic rings. The predicted octanol–water partition coefficient (Wildman–Crippen LogP) is 1.20. The molecule has 2 atom stereocenters. The van der Waals surface area contributed by atoms with Gasteiger partial charge in [-0.15, -0.1) is 0 Å². The number of aliphatic carboxylic acids is 1. The number of hydrogen-bond donors (Lipinski definition) is 2. The first-order valence-corrected chi connectivity index (χ1v) is 5.76. The van der Waals surface area contributed by atoms with Crippen LogP contribution in [0.25, 0.3) is 0 Å². The summed E-state index contributed by atoms with van der Waals surface area (Å²) < 4.78 is 0. The van der Waals surface area contributed by atoms with Crippen molar-refractivity contribution in [3.8, 4) is 0 Å². The van der Waals surface area contributed by atoms with Gasteiger partial charge in [0.2, 0.25) is 0 Å². The van der Waals surface area contributed by atoms with E-state index in [0.29, 0.717) is 13.0 Å². The van der Waals surface area contributed by atoms with E-state index in [-0.39, 0.29) is 11.6 Å². The van der Waals surface area contributed by atoms with E-state index in [1.54, 1.807) is 12.1 Å². The van der Waals surface area contributed by atoms with Crippen molar-refractivity contribution >= 4 is 11.7 Å². The van der Waals surface area contributed by atoms with Gasteiger partial charge in [0.15, 0.2) is 0 Å². The fraction of sp³-hybridized carbons (Fsp3) is 0.417. The topological polar surface area (TPSA) is 92.5 Å². The molecule has 2 rings (SSSR count). The summed E-state index contributed by atoms with van der Waals surface area (Å²) in [6.45, 7) is 0.675. The van der Waals surface area contributed by atoms with E-state index in [9.17, 15) is 14.9 Å². The van der Waals surface area contributed by atoms with Gasteiger partial charge in [0.05, 0.1) is 4.92 Å². The minimum absolute atomic E-state index is 0.0757. The maximum absolute atomic E-state index is 10.8. The molecule has 2 N–H and O–H groups in total. The van der Waals surface area contributed by atoms with Crippen molar-refractivity contribution < 1.29 is 14.8 Å². The Hall–Kier alpha value is -1.95. The fourth-order valence-electron chi connectivity index (χ4n) is 2.24. The van der Waals surface area contributed by atoms with Gasteiger partial charge in [-0.05, 0) is 30.9 Å². The molecule has 0 amide bonds. The summed E-state index contributed by atoms with van der Waals surface area (Å²) in [5, 5.41) is 22.3. The average molecular weight is 250 g/mol. The molecule has 0 aromatic heterocycles. The van der Waals surface area contributed by atoms with E-state index in [4.69, 9.17) is 5.11 Å². The van der Waals surface area contributed by atoms with Crippen LogP contribution in [0.5, 0.6) is 0 Å². The summed E-state index contributed by atoms with van der Waals surface area (Å²) in [7, 11) is 0. The largest absolute Gasteiger partial charge is 0.480 e. The number of hydrogen-bond acceptors (Lipinski definition) is 4. The Balaban J connectivity index is 1.94. The van der Waals surface area contributed by atoms with E-state index in [0.717, 1.165) is 12.0 Å². The highest BCUT2D eigenvalue weighted by Gasteiger charge is 2.28. The minimum Gasteiger partial charge on any atom is -0.480 e. The molecule has 0 bridgehead atoms. The van der Waals surface area contributed by atoms with Crippen LogP contribution in [0.3, 0.4) is 0 Å². The first kappa shape index (κ1) is 12.5. The highest BCUT2D eigenvalue weighted by atomic mass is 16.6. The molecule has 0 aliphatic carbocycles. The zero-order valence-electron chi connectivity index (χ0n) is 9.70. The van der Waals surface area contributed by atoms with Gasteiger partial charge in [0.1, 0.15) is 6.04 Å². The summed E-state index contributed by atoms with van der Waals surface area (Å²) in [5.74, 6) is -0.547. The second-order valence-electron chi connectivity index (χ2n) is 4.53. The number of nitro groups is 1. The number of carbonyl (C=O) groups is 1. The molecule has 0 radical (unpaired) electrons. The Morgan fingerprint density at radius 1 is 1.44 bits per heavy atom. The van der Waals surface area contributed by atoms with E-state index >= 15 is 0 Å². The summed E-state index contributed by atoms with van der Waals surface area (Å²) >= 11 is 0. The van der Waals surface area contributed by atoms with Crippen LogP contribution in [0, 0.1) is 16.0 Å². The third kappa shape index (κ3) is 2.84. The van der Waals surface area contributed by atoms with Gasteiger partial charge in [-0.25, -0.2) is 0 Å². The van der Waals surface area contributed by atoms with Crippen LogP contribution in [0.2, 0.25) is 0 Å². The zero-order chi connectivity index (χ0) is 13.1. The summed E-state index contributed by atoms with van der Waals surface area (Å²) in [6.07, 6.45) is 1.35. The quantitative estimate of drug-likeness (QED) is 0.618. The van der Waals surface area contributed by atoms with Crippen molar-refractivity contribution in [1.29, 1.82) is 0 Å². The summed E-state index contributed by atoms with van der Waals surface area (Å²) in [5.41, 5.74) is 1.07. The Kier molecular flexibility index (Phi) is 3.57. The molecular formula is C12H14N2O4. The minimum atomic E-state index is -0.818. The van der Waals surface area contributed by atoms with Gasteiger partial charge in [-0.3, -0.25) is 14.9 Å². The lowest BCUT2D eigenvalue weighted by Gasteiger charge is -2.08. The molecule has 1 aliphatic heterocycles. The van der Waals surface area contributed by atoms with Gasteiger partial charge in [0.25, 0.3) is 5.69 Å². The Morgan fingerprint density at radius 2 is 2.11 bits per heavy atom. The first-order valence-electron chi connectivity index (χ1n) is 5.76. The average Bonchev–Trinajstić information content (AvgIpc) is 2.78. The number of rotatable bonds is 4. The normalized spacial score (nSPS) is 22.9. The number of nitrogens with one attached hydrogen (secondary N) is 1. The van der Waals surface area contributed by atoms with Crippen LogP contribution in [0.4, 0.5) is 5.69 Å². The number of nitro benzene ring substituents is 1. The van der Waals surface area contributed by atoms with Crippen molar-refractivity contribution in [3.05, 3.63) is 39.9 Å². The van der Waals surface area contributed by atoms with Crippen LogP contribution < -0.4 is 5.32 Å². The molecule has 1 aliphatic rings. The zero-order valence-corrected chi connectivity index (χ0v) is 9.70. The Bertz CT molecular complexity index is 458. The highest BCUT2D eigenvalue weighted by Crippen LogP contribution is 2.21. The molecule has 1 saturated heterocycles. The number of carboxylic acid groups (broad SMARTS) is 1. The Labute approximate surface area is 104 Å². The molecule has 1 unspecified atom stereocenters. The van der Waals surface area contributed by atoms with Crippen LogP contribution in [-0.2, 0) is 11.2 Å². The van der Waals surface area contributed by atoms with Crippen molar-refractivity contribution in [2.24, 2.45) is 5.92 Å². The lowest BCUT2D eigenvalue weighted by Crippen LogP contribution is -2.29. The van der Waals surface area contributed by atoms with Crippen LogP contribution in [-0.4, -0.2) is 28.6 Å². The lowest BCUT2D eigenvalue weighted by atomic mass is 9.96. The third-order valence-corrected chi connectivity index (χ3v) is 3.19. The number of nitrogens with zero attached hydrogens (tertiary/aromatic N) is 1. The fourth-order valence-corrected chi connectivity index (χ4v) is 2.24. The van der Waals surface area contributed by atoms with Gasteiger partial charge in [-0.2, -0.15) is 0 Å². The van der Waals surface area contributed by atoms with E-state index < -0.39 is 16.9 Å². The van der Waals surface area contributed by atoms with E-state index in [1.165, 1.54) is 12.1 Å². The summed E-state index contributed by atoms with van der Waals surface area (Å²) in [4.78, 5) is 20.9. The molecule has 6 heteroatoms. The maximum atomic E-state index is 10.8. The lowest BCUT2D eigenvalue weighted by molar-refractivity contribution is -0.384. The molecule has 0 saturated carbocycles. The standard InChI is InChI=1S/C12H14N2O4/c15-12(16)11-6-9(7-13-11)5-8-1-3-10(4-2-8)14(17)18/h1-4,9,11,13H,5-7H2,(H,15,16)/t9?,11-/m0/s1. The van der Waals surface area contributed by atoms with Crippen LogP contribution >= 0.6 is 0 Å². The van der Waals surface area contributed by atoms with Gasteiger partial charge >= 0.3 is 5.97 Å². The molecule has 1 fully saturated rings. The molecule has 6 nitrogen and oxygen atoms in total. The monoisotopic (exact) mass is 250 g/mol. The number of carboxylic acids is 1. The molecule has 0 spiro atoms. The SMILES string of the molecule is O=C(O)[C@@H]1CC(Cc2ccc([N+](=O)[O-])cc2)CN1. The van der Waals surface area contributed by atoms with Crippen LogP contribution in [0.1, 0.15) is 12.0 Å².